The molecular formula is C4H9OSn+3. The van der Waals surface area contributed by atoms with Gasteiger partial charge in [-0.2, -0.15) is 0 Å². The van der Waals surface area contributed by atoms with E-state index in [9.17, 15) is 0 Å². The van der Waals surface area contributed by atoms with Crippen LogP contribution in [0.25, 0.3) is 0 Å². The summed E-state index contributed by atoms with van der Waals surface area (Å²) in [6.07, 6.45) is 0. The van der Waals surface area contributed by atoms with Crippen LogP contribution in [-0.2, 0) is 3.07 Å². The van der Waals surface area contributed by atoms with Crippen LogP contribution in [0.15, 0.2) is 0 Å². The van der Waals surface area contributed by atoms with Crippen LogP contribution in [-0.4, -0.2) is 28.5 Å². The van der Waals surface area contributed by atoms with Gasteiger partial charge < -0.3 is 0 Å². The Balaban J connectivity index is 3.17. The van der Waals surface area contributed by atoms with Crippen LogP contribution in [0.1, 0.15) is 20.8 Å². The van der Waals surface area contributed by atoms with Crippen molar-refractivity contribution < 1.29 is 3.07 Å². The summed E-state index contributed by atoms with van der Waals surface area (Å²) in [5.74, 6) is 0. The van der Waals surface area contributed by atoms with Gasteiger partial charge in [0, 0.05) is 0 Å². The first-order valence-electron chi connectivity index (χ1n) is 1.91. The van der Waals surface area contributed by atoms with Gasteiger partial charge in [0.1, 0.15) is 0 Å². The Labute approximate surface area is 52.7 Å². The van der Waals surface area contributed by atoms with E-state index in [2.05, 4.69) is 0 Å². The summed E-state index contributed by atoms with van der Waals surface area (Å²) in [4.78, 5) is 0. The van der Waals surface area contributed by atoms with Gasteiger partial charge in [0.15, 0.2) is 0 Å². The molecule has 0 heterocycles. The molecule has 0 aliphatic rings. The molecule has 0 radical (unpaired) electrons. The second-order valence-corrected chi connectivity index (χ2v) is 2.80. The van der Waals surface area contributed by atoms with Gasteiger partial charge >= 0.3 is 52.4 Å². The third-order valence-corrected chi connectivity index (χ3v) is 2.05. The molecule has 0 aliphatic heterocycles. The van der Waals surface area contributed by atoms with Crippen molar-refractivity contribution in [3.05, 3.63) is 0 Å². The summed E-state index contributed by atoms with van der Waals surface area (Å²) in [7, 11) is 0. The second kappa shape index (κ2) is 2.17. The normalized spacial score (nSPS) is 12.2. The molecule has 0 saturated carbocycles. The van der Waals surface area contributed by atoms with Gasteiger partial charge in [0.2, 0.25) is 0 Å². The summed E-state index contributed by atoms with van der Waals surface area (Å²) in [5, 5.41) is 0. The molecule has 0 aromatic heterocycles. The molecular weight excluding hydrogens is 183 g/mol. The molecule has 6 heavy (non-hydrogen) atoms. The fourth-order valence-electron chi connectivity index (χ4n) is 0. The van der Waals surface area contributed by atoms with Crippen molar-refractivity contribution in [3.8, 4) is 0 Å². The zero-order chi connectivity index (χ0) is 5.21. The van der Waals surface area contributed by atoms with Crippen molar-refractivity contribution in [2.75, 3.05) is 0 Å². The number of hydrogen-bond acceptors (Lipinski definition) is 1. The van der Waals surface area contributed by atoms with E-state index in [-0.39, 0.29) is 5.60 Å². The molecule has 0 aromatic carbocycles. The topological polar surface area (TPSA) is 9.23 Å². The molecule has 0 saturated heterocycles. The first kappa shape index (κ1) is 6.76. The van der Waals surface area contributed by atoms with Crippen molar-refractivity contribution >= 4 is 22.9 Å². The van der Waals surface area contributed by atoms with E-state index in [1.807, 2.05) is 20.8 Å². The Bertz CT molecular complexity index is 37.3. The van der Waals surface area contributed by atoms with Crippen LogP contribution in [0.4, 0.5) is 0 Å². The zero-order valence-corrected chi connectivity index (χ0v) is 7.26. The van der Waals surface area contributed by atoms with Crippen molar-refractivity contribution in [2.24, 2.45) is 0 Å². The van der Waals surface area contributed by atoms with E-state index >= 15 is 0 Å². The van der Waals surface area contributed by atoms with Gasteiger partial charge in [-0.3, -0.25) is 0 Å². The minimum atomic E-state index is 0.0817. The molecule has 1 nitrogen and oxygen atoms in total. The Kier molecular flexibility index (Phi) is 2.44. The molecule has 0 spiro atoms. The number of rotatable bonds is 0. The second-order valence-electron chi connectivity index (χ2n) is 2.21. The minimum absolute atomic E-state index is 0.0817. The van der Waals surface area contributed by atoms with E-state index in [1.54, 1.807) is 0 Å². The van der Waals surface area contributed by atoms with E-state index in [1.165, 1.54) is 0 Å². The molecule has 0 fully saturated rings. The van der Waals surface area contributed by atoms with Crippen LogP contribution < -0.4 is 0 Å². The molecule has 0 rings (SSSR count). The van der Waals surface area contributed by atoms with E-state index in [4.69, 9.17) is 3.07 Å². The van der Waals surface area contributed by atoms with Gasteiger partial charge in [0.05, 0.1) is 0 Å². The van der Waals surface area contributed by atoms with E-state index in [0.29, 0.717) is 0 Å². The van der Waals surface area contributed by atoms with Crippen LogP contribution >= 0.6 is 0 Å². The van der Waals surface area contributed by atoms with Crippen LogP contribution in [0.3, 0.4) is 0 Å². The molecule has 0 N–H and O–H groups in total. The summed E-state index contributed by atoms with van der Waals surface area (Å²) in [6.45, 7) is 6.13. The quantitative estimate of drug-likeness (QED) is 0.517. The van der Waals surface area contributed by atoms with Gasteiger partial charge in [-0.15, -0.1) is 0 Å². The van der Waals surface area contributed by atoms with Gasteiger partial charge in [-0.25, -0.2) is 0 Å². The van der Waals surface area contributed by atoms with Crippen molar-refractivity contribution in [2.45, 2.75) is 26.4 Å². The monoisotopic (exact) mass is 193 g/mol. The zero-order valence-electron chi connectivity index (χ0n) is 4.41. The first-order chi connectivity index (χ1) is 2.56. The van der Waals surface area contributed by atoms with E-state index in [0.717, 1.165) is 22.9 Å². The average molecular weight is 192 g/mol. The first-order valence-corrected chi connectivity index (χ1v) is 3.07. The fourth-order valence-corrected chi connectivity index (χ4v) is 0. The van der Waals surface area contributed by atoms with Gasteiger partial charge in [0.25, 0.3) is 0 Å². The predicted molar refractivity (Wildman–Crippen MR) is 26.6 cm³/mol. The maximum atomic E-state index is 5.03. The average Bonchev–Trinajstić information content (AvgIpc) is 1.35. The van der Waals surface area contributed by atoms with Crippen molar-refractivity contribution in [3.63, 3.8) is 0 Å². The maximum absolute atomic E-state index is 5.03. The summed E-state index contributed by atoms with van der Waals surface area (Å²) < 4.78 is 5.03. The van der Waals surface area contributed by atoms with Crippen molar-refractivity contribution in [1.82, 2.24) is 0 Å². The molecule has 2 heteroatoms. The fraction of sp³-hybridized carbons (Fsp3) is 1.00. The standard InChI is InChI=1S/C4H9O.Sn/c1-4(2,3)5;/h1-3H3;/q-1;+4. The Morgan fingerprint density at radius 2 is 1.50 bits per heavy atom. The van der Waals surface area contributed by atoms with Gasteiger partial charge in [-0.1, -0.05) is 0 Å². The predicted octanol–water partition coefficient (Wildman–Crippen LogP) is 0.885. The SMILES string of the molecule is CC(C)(C)[O][Sn+3]. The van der Waals surface area contributed by atoms with Crippen LogP contribution in [0, 0.1) is 0 Å². The van der Waals surface area contributed by atoms with E-state index < -0.39 is 0 Å². The summed E-state index contributed by atoms with van der Waals surface area (Å²) in [5.41, 5.74) is 0.0817. The molecule has 0 aromatic rings. The third-order valence-electron chi connectivity index (χ3n) is 0.306. The summed E-state index contributed by atoms with van der Waals surface area (Å²) >= 11 is 1.15. The molecule has 0 unspecified atom stereocenters. The molecule has 0 bridgehead atoms. The Hall–Kier alpha value is 0.759. The Morgan fingerprint density at radius 1 is 1.33 bits per heavy atom. The van der Waals surface area contributed by atoms with Crippen molar-refractivity contribution in [1.29, 1.82) is 0 Å². The number of hydrogen-bond donors (Lipinski definition) is 0. The molecule has 0 aliphatic carbocycles. The summed E-state index contributed by atoms with van der Waals surface area (Å²) in [6, 6.07) is 0. The third kappa shape index (κ3) is 4.76. The molecule has 32 valence electrons. The van der Waals surface area contributed by atoms with Crippen LogP contribution in [0.2, 0.25) is 0 Å². The van der Waals surface area contributed by atoms with Crippen LogP contribution in [0.5, 0.6) is 0 Å². The molecule has 0 amide bonds. The van der Waals surface area contributed by atoms with Gasteiger partial charge in [-0.05, 0) is 0 Å². The molecule has 0 atom stereocenters. The Morgan fingerprint density at radius 3 is 1.50 bits per heavy atom.